The molecule has 3 nitrogen and oxygen atoms in total. The molecule has 0 atom stereocenters. The van der Waals surface area contributed by atoms with E-state index in [4.69, 9.17) is 4.42 Å². The van der Waals surface area contributed by atoms with E-state index in [2.05, 4.69) is 17.5 Å². The number of rotatable bonds is 3. The number of hydrogen-bond acceptors (Lipinski definition) is 3. The van der Waals surface area contributed by atoms with Gasteiger partial charge in [0.25, 0.3) is 0 Å². The molecule has 1 aliphatic heterocycles. The SMILES string of the molecule is O=C(C=Cc1ccoc1)N1CCC(c2cccs2)CC1. The zero-order valence-electron chi connectivity index (χ0n) is 11.2. The van der Waals surface area contributed by atoms with Crippen molar-refractivity contribution in [2.45, 2.75) is 18.8 Å². The molecule has 0 aromatic carbocycles. The molecule has 3 rings (SSSR count). The van der Waals surface area contributed by atoms with Crippen molar-refractivity contribution in [3.63, 3.8) is 0 Å². The molecule has 0 bridgehead atoms. The molecule has 0 aliphatic carbocycles. The van der Waals surface area contributed by atoms with Crippen LogP contribution in [0.5, 0.6) is 0 Å². The van der Waals surface area contributed by atoms with Crippen molar-refractivity contribution < 1.29 is 9.21 Å². The number of hydrogen-bond donors (Lipinski definition) is 0. The molecule has 0 saturated carbocycles. The quantitative estimate of drug-likeness (QED) is 0.805. The summed E-state index contributed by atoms with van der Waals surface area (Å²) in [4.78, 5) is 15.5. The number of thiophene rings is 1. The van der Waals surface area contributed by atoms with Gasteiger partial charge in [-0.2, -0.15) is 0 Å². The fourth-order valence-electron chi connectivity index (χ4n) is 2.55. The van der Waals surface area contributed by atoms with Gasteiger partial charge in [-0.05, 0) is 42.3 Å². The van der Waals surface area contributed by atoms with Crippen LogP contribution in [-0.4, -0.2) is 23.9 Å². The van der Waals surface area contributed by atoms with Crippen LogP contribution >= 0.6 is 11.3 Å². The van der Waals surface area contributed by atoms with Crippen molar-refractivity contribution in [2.24, 2.45) is 0 Å². The normalized spacial score (nSPS) is 16.9. The Morgan fingerprint density at radius 1 is 1.35 bits per heavy atom. The van der Waals surface area contributed by atoms with E-state index in [1.807, 2.05) is 22.3 Å². The molecule has 1 fully saturated rings. The number of nitrogens with zero attached hydrogens (tertiary/aromatic N) is 1. The Hall–Kier alpha value is -1.81. The van der Waals surface area contributed by atoms with Crippen LogP contribution in [0.2, 0.25) is 0 Å². The third kappa shape index (κ3) is 3.02. The Balaban J connectivity index is 1.54. The van der Waals surface area contributed by atoms with E-state index in [0.29, 0.717) is 5.92 Å². The summed E-state index contributed by atoms with van der Waals surface area (Å²) in [5.41, 5.74) is 0.923. The molecule has 0 N–H and O–H groups in total. The van der Waals surface area contributed by atoms with Gasteiger partial charge in [-0.25, -0.2) is 0 Å². The van der Waals surface area contributed by atoms with Crippen molar-refractivity contribution in [2.75, 3.05) is 13.1 Å². The number of carbonyl (C=O) groups excluding carboxylic acids is 1. The molecule has 104 valence electrons. The summed E-state index contributed by atoms with van der Waals surface area (Å²) in [6.45, 7) is 1.69. The number of likely N-dealkylation sites (tertiary alicyclic amines) is 1. The van der Waals surface area contributed by atoms with Gasteiger partial charge in [0.05, 0.1) is 12.5 Å². The van der Waals surface area contributed by atoms with Crippen molar-refractivity contribution in [1.82, 2.24) is 4.90 Å². The highest BCUT2D eigenvalue weighted by Gasteiger charge is 2.23. The first-order valence-electron chi connectivity index (χ1n) is 6.85. The van der Waals surface area contributed by atoms with Gasteiger partial charge >= 0.3 is 0 Å². The predicted molar refractivity (Wildman–Crippen MR) is 80.6 cm³/mol. The molecule has 2 aromatic heterocycles. The Bertz CT molecular complexity index is 564. The molecule has 20 heavy (non-hydrogen) atoms. The lowest BCUT2D eigenvalue weighted by molar-refractivity contribution is -0.126. The molecule has 0 radical (unpaired) electrons. The number of piperidine rings is 1. The maximum atomic E-state index is 12.1. The van der Waals surface area contributed by atoms with E-state index >= 15 is 0 Å². The second-order valence-corrected chi connectivity index (χ2v) is 5.98. The minimum absolute atomic E-state index is 0.0934. The highest BCUT2D eigenvalue weighted by molar-refractivity contribution is 7.10. The van der Waals surface area contributed by atoms with Gasteiger partial charge in [0, 0.05) is 29.6 Å². The van der Waals surface area contributed by atoms with Gasteiger partial charge in [-0.1, -0.05) is 6.07 Å². The second-order valence-electron chi connectivity index (χ2n) is 5.00. The van der Waals surface area contributed by atoms with Crippen LogP contribution in [-0.2, 0) is 4.79 Å². The fraction of sp³-hybridized carbons (Fsp3) is 0.312. The average Bonchev–Trinajstić information content (AvgIpc) is 3.18. The largest absolute Gasteiger partial charge is 0.472 e. The van der Waals surface area contributed by atoms with Gasteiger partial charge in [-0.3, -0.25) is 4.79 Å². The van der Waals surface area contributed by atoms with Gasteiger partial charge in [0.2, 0.25) is 5.91 Å². The standard InChI is InChI=1S/C16H17NO2S/c18-16(4-3-13-7-10-19-12-13)17-8-5-14(6-9-17)15-2-1-11-20-15/h1-4,7,10-12,14H,5-6,8-9H2. The van der Waals surface area contributed by atoms with Crippen LogP contribution in [0.1, 0.15) is 29.2 Å². The predicted octanol–water partition coefficient (Wildman–Crippen LogP) is 3.76. The highest BCUT2D eigenvalue weighted by Crippen LogP contribution is 2.31. The highest BCUT2D eigenvalue weighted by atomic mass is 32.1. The molecule has 1 amide bonds. The summed E-state index contributed by atoms with van der Waals surface area (Å²) in [6, 6.07) is 6.14. The van der Waals surface area contributed by atoms with Crippen molar-refractivity contribution in [3.05, 3.63) is 52.6 Å². The van der Waals surface area contributed by atoms with Gasteiger partial charge in [0.1, 0.15) is 0 Å². The van der Waals surface area contributed by atoms with Crippen molar-refractivity contribution in [1.29, 1.82) is 0 Å². The number of amides is 1. The maximum absolute atomic E-state index is 12.1. The first-order chi connectivity index (χ1) is 9.83. The Kier molecular flexibility index (Phi) is 4.02. The molecule has 1 saturated heterocycles. The number of furan rings is 1. The molecule has 0 unspecified atom stereocenters. The summed E-state index contributed by atoms with van der Waals surface area (Å²) in [5, 5.41) is 2.13. The van der Waals surface area contributed by atoms with E-state index in [-0.39, 0.29) is 5.91 Å². The third-order valence-electron chi connectivity index (χ3n) is 3.71. The van der Waals surface area contributed by atoms with Crippen LogP contribution < -0.4 is 0 Å². The molecular weight excluding hydrogens is 270 g/mol. The molecule has 4 heteroatoms. The van der Waals surface area contributed by atoms with Crippen molar-refractivity contribution in [3.8, 4) is 0 Å². The summed E-state index contributed by atoms with van der Waals surface area (Å²) in [7, 11) is 0. The molecule has 2 aromatic rings. The van der Waals surface area contributed by atoms with E-state index < -0.39 is 0 Å². The smallest absolute Gasteiger partial charge is 0.246 e. The summed E-state index contributed by atoms with van der Waals surface area (Å²) >= 11 is 1.82. The zero-order chi connectivity index (χ0) is 13.8. The van der Waals surface area contributed by atoms with Crippen LogP contribution in [0, 0.1) is 0 Å². The zero-order valence-corrected chi connectivity index (χ0v) is 12.0. The lowest BCUT2D eigenvalue weighted by Crippen LogP contribution is -2.36. The van der Waals surface area contributed by atoms with Gasteiger partial charge in [-0.15, -0.1) is 11.3 Å². The van der Waals surface area contributed by atoms with E-state index in [1.54, 1.807) is 24.7 Å². The lowest BCUT2D eigenvalue weighted by Gasteiger charge is -2.30. The first kappa shape index (κ1) is 13.2. The molecule has 0 spiro atoms. The van der Waals surface area contributed by atoms with Crippen LogP contribution in [0.3, 0.4) is 0 Å². The van der Waals surface area contributed by atoms with E-state index in [9.17, 15) is 4.79 Å². The van der Waals surface area contributed by atoms with Crippen molar-refractivity contribution >= 4 is 23.3 Å². The summed E-state index contributed by atoms with van der Waals surface area (Å²) < 4.78 is 4.97. The lowest BCUT2D eigenvalue weighted by atomic mass is 9.95. The minimum atomic E-state index is 0.0934. The molecular formula is C16H17NO2S. The van der Waals surface area contributed by atoms with Crippen LogP contribution in [0.15, 0.2) is 46.6 Å². The van der Waals surface area contributed by atoms with E-state index in [1.165, 1.54) is 4.88 Å². The third-order valence-corrected chi connectivity index (χ3v) is 4.75. The molecule has 3 heterocycles. The summed E-state index contributed by atoms with van der Waals surface area (Å²) in [5.74, 6) is 0.715. The monoisotopic (exact) mass is 287 g/mol. The Labute approximate surface area is 122 Å². The van der Waals surface area contributed by atoms with E-state index in [0.717, 1.165) is 31.5 Å². The minimum Gasteiger partial charge on any atom is -0.472 e. The average molecular weight is 287 g/mol. The van der Waals surface area contributed by atoms with Crippen LogP contribution in [0.4, 0.5) is 0 Å². The summed E-state index contributed by atoms with van der Waals surface area (Å²) in [6.07, 6.45) is 8.80. The molecule has 1 aliphatic rings. The topological polar surface area (TPSA) is 33.5 Å². The van der Waals surface area contributed by atoms with Gasteiger partial charge in [0.15, 0.2) is 0 Å². The fourth-order valence-corrected chi connectivity index (χ4v) is 3.45. The number of carbonyl (C=O) groups is 1. The van der Waals surface area contributed by atoms with Gasteiger partial charge < -0.3 is 9.32 Å². The maximum Gasteiger partial charge on any atom is 0.246 e. The van der Waals surface area contributed by atoms with Crippen LogP contribution in [0.25, 0.3) is 6.08 Å². The Morgan fingerprint density at radius 3 is 2.85 bits per heavy atom. The second kappa shape index (κ2) is 6.09. The first-order valence-corrected chi connectivity index (χ1v) is 7.73. The Morgan fingerprint density at radius 2 is 2.20 bits per heavy atom.